The number of carbonyl (C=O) groups excluding carboxylic acids is 1. The molecule has 0 spiro atoms. The highest BCUT2D eigenvalue weighted by atomic mass is 32.1. The van der Waals surface area contributed by atoms with E-state index in [2.05, 4.69) is 27.8 Å². The largest absolute Gasteiger partial charge is 0.478 e. The fraction of sp³-hybridized carbons (Fsp3) is 0.429. The zero-order valence-corrected chi connectivity index (χ0v) is 26.7. The second-order valence-corrected chi connectivity index (χ2v) is 14.1. The van der Waals surface area contributed by atoms with Crippen molar-refractivity contribution in [1.82, 2.24) is 19.4 Å². The molecule has 9 heteroatoms. The number of aliphatic imine (C=N–C) groups is 1. The van der Waals surface area contributed by atoms with Gasteiger partial charge in [0, 0.05) is 11.9 Å². The first-order valence-corrected chi connectivity index (χ1v) is 16.5. The summed E-state index contributed by atoms with van der Waals surface area (Å²) in [7, 11) is 3.97. The number of allylic oxidation sites excluding steroid dienone is 3. The van der Waals surface area contributed by atoms with E-state index in [4.69, 9.17) is 4.99 Å². The fourth-order valence-corrected chi connectivity index (χ4v) is 8.47. The number of hydrogen-bond donors (Lipinski definition) is 1. The minimum Gasteiger partial charge on any atom is -0.478 e. The molecule has 8 nitrogen and oxygen atoms in total. The Morgan fingerprint density at radius 1 is 1.11 bits per heavy atom. The number of benzene rings is 1. The quantitative estimate of drug-likeness (QED) is 0.365. The van der Waals surface area contributed by atoms with Gasteiger partial charge in [-0.25, -0.2) is 9.78 Å². The number of thiazole rings is 1. The lowest BCUT2D eigenvalue weighted by Crippen LogP contribution is -2.43. The van der Waals surface area contributed by atoms with E-state index in [0.717, 1.165) is 57.1 Å². The molecule has 7 rings (SSSR count). The Balaban J connectivity index is 1.44. The van der Waals surface area contributed by atoms with Gasteiger partial charge in [0.05, 0.1) is 50.8 Å². The Labute approximate surface area is 262 Å². The summed E-state index contributed by atoms with van der Waals surface area (Å²) in [5.41, 5.74) is 9.02. The maximum atomic E-state index is 14.0. The average Bonchev–Trinajstić information content (AvgIpc) is 3.50. The van der Waals surface area contributed by atoms with Gasteiger partial charge in [-0.1, -0.05) is 31.4 Å². The van der Waals surface area contributed by atoms with Gasteiger partial charge < -0.3 is 14.6 Å². The molecule has 1 unspecified atom stereocenters. The molecule has 2 aliphatic heterocycles. The second kappa shape index (κ2) is 11.3. The predicted octanol–water partition coefficient (Wildman–Crippen LogP) is 6.33. The maximum Gasteiger partial charge on any atom is 0.335 e. The number of carbonyl (C=O) groups is 2. The van der Waals surface area contributed by atoms with E-state index < -0.39 is 5.97 Å². The molecule has 1 aromatic carbocycles. The molecule has 3 aromatic rings. The monoisotopic (exact) mass is 609 g/mol. The minimum atomic E-state index is -0.956. The molecule has 4 heterocycles. The van der Waals surface area contributed by atoms with Gasteiger partial charge in [0.15, 0.2) is 0 Å². The van der Waals surface area contributed by atoms with E-state index in [9.17, 15) is 14.7 Å². The van der Waals surface area contributed by atoms with Gasteiger partial charge in [0.2, 0.25) is 5.91 Å². The van der Waals surface area contributed by atoms with E-state index in [1.807, 2.05) is 43.8 Å². The number of fused-ring (bicyclic) bond motifs is 5. The number of hydrogen-bond acceptors (Lipinski definition) is 6. The number of carboxylic acids is 1. The molecule has 1 amide bonds. The van der Waals surface area contributed by atoms with Gasteiger partial charge in [-0.05, 0) is 99.7 Å². The van der Waals surface area contributed by atoms with E-state index >= 15 is 0 Å². The fourth-order valence-electron chi connectivity index (χ4n) is 7.57. The van der Waals surface area contributed by atoms with Crippen molar-refractivity contribution in [2.45, 2.75) is 70.9 Å². The topological polar surface area (TPSA) is 91.0 Å². The number of aryl methyl sites for hydroxylation is 2. The number of amides is 1. The van der Waals surface area contributed by atoms with Crippen LogP contribution in [0.2, 0.25) is 0 Å². The number of rotatable bonds is 5. The maximum absolute atomic E-state index is 14.0. The summed E-state index contributed by atoms with van der Waals surface area (Å²) in [5.74, 6) is -0.542. The first-order chi connectivity index (χ1) is 21.2. The van der Waals surface area contributed by atoms with Crippen molar-refractivity contribution in [2.24, 2.45) is 4.99 Å². The second-order valence-electron chi connectivity index (χ2n) is 12.9. The van der Waals surface area contributed by atoms with Gasteiger partial charge in [-0.15, -0.1) is 11.3 Å². The Kier molecular flexibility index (Phi) is 7.41. The summed E-state index contributed by atoms with van der Waals surface area (Å²) >= 11 is 1.68. The summed E-state index contributed by atoms with van der Waals surface area (Å²) in [4.78, 5) is 41.1. The summed E-state index contributed by atoms with van der Waals surface area (Å²) < 4.78 is 2.13. The first kappa shape index (κ1) is 28.9. The molecule has 1 atom stereocenters. The highest BCUT2D eigenvalue weighted by Crippen LogP contribution is 2.46. The molecule has 0 saturated heterocycles. The van der Waals surface area contributed by atoms with Crippen LogP contribution in [0.5, 0.6) is 0 Å². The van der Waals surface area contributed by atoms with Gasteiger partial charge in [0.25, 0.3) is 0 Å². The molecule has 44 heavy (non-hydrogen) atoms. The molecule has 2 aliphatic carbocycles. The van der Waals surface area contributed by atoms with Gasteiger partial charge in [-0.2, -0.15) is 0 Å². The van der Waals surface area contributed by atoms with Gasteiger partial charge in [0.1, 0.15) is 6.54 Å². The van der Waals surface area contributed by atoms with E-state index in [0.29, 0.717) is 19.1 Å². The smallest absolute Gasteiger partial charge is 0.335 e. The third-order valence-electron chi connectivity index (χ3n) is 9.48. The van der Waals surface area contributed by atoms with Crippen LogP contribution in [0, 0.1) is 13.8 Å². The van der Waals surface area contributed by atoms with Crippen molar-refractivity contribution in [1.29, 1.82) is 0 Å². The molecule has 1 fully saturated rings. The van der Waals surface area contributed by atoms with Crippen molar-refractivity contribution in [3.8, 4) is 0 Å². The first-order valence-electron chi connectivity index (χ1n) is 15.6. The predicted molar refractivity (Wildman–Crippen MR) is 176 cm³/mol. The Hall–Kier alpha value is -3.82. The minimum absolute atomic E-state index is 0.0270. The summed E-state index contributed by atoms with van der Waals surface area (Å²) in [5, 5.41) is 12.0. The van der Waals surface area contributed by atoms with Crippen molar-refractivity contribution in [3.05, 3.63) is 80.0 Å². The molecule has 4 aliphatic rings. The summed E-state index contributed by atoms with van der Waals surface area (Å²) in [6, 6.07) is 5.45. The standard InChI is InChI=1S/C35H39N5O3S/c1-20-34(44-21(2)36-20)28-13-11-23-14-27-25(15-29(23)37-28)17-39(19-38(3)4)31(41)18-40-30-16-24(35(42)43)10-12-26(30)32(33(27)40)22-8-6-5-7-9-22/h10-14,16,22,29H,5-9,15,17-19H2,1-4H3,(H,42,43). The van der Waals surface area contributed by atoms with Crippen LogP contribution in [0.4, 0.5) is 0 Å². The van der Waals surface area contributed by atoms with Crippen molar-refractivity contribution >= 4 is 45.4 Å². The van der Waals surface area contributed by atoms with E-state index in [1.165, 1.54) is 41.5 Å². The molecule has 1 saturated carbocycles. The molecular weight excluding hydrogens is 570 g/mol. The lowest BCUT2D eigenvalue weighted by molar-refractivity contribution is -0.133. The number of aromatic nitrogens is 2. The van der Waals surface area contributed by atoms with Crippen LogP contribution in [-0.2, 0) is 11.3 Å². The Morgan fingerprint density at radius 3 is 2.61 bits per heavy atom. The SMILES string of the molecule is Cc1nc(C)c(C2=NC3CC4=C(C=C3C=C2)c2c(C3CCCCC3)c3ccc(C(=O)O)cc3n2CC(=O)N(CN(C)C)C4)s1. The molecular formula is C35H39N5O3S. The van der Waals surface area contributed by atoms with Crippen LogP contribution in [0.3, 0.4) is 0 Å². The molecule has 1 N–H and O–H groups in total. The van der Waals surface area contributed by atoms with Crippen molar-refractivity contribution in [3.63, 3.8) is 0 Å². The van der Waals surface area contributed by atoms with Crippen molar-refractivity contribution < 1.29 is 14.7 Å². The number of dihydropyridines is 1. The van der Waals surface area contributed by atoms with Gasteiger partial charge in [-0.3, -0.25) is 14.7 Å². The number of carboxylic acid groups (broad SMARTS) is 1. The summed E-state index contributed by atoms with van der Waals surface area (Å²) in [6.07, 6.45) is 13.2. The highest BCUT2D eigenvalue weighted by Gasteiger charge is 2.35. The lowest BCUT2D eigenvalue weighted by Gasteiger charge is -2.35. The van der Waals surface area contributed by atoms with E-state index in [-0.39, 0.29) is 24.1 Å². The number of aromatic carboxylic acids is 1. The molecule has 228 valence electrons. The van der Waals surface area contributed by atoms with Crippen LogP contribution < -0.4 is 0 Å². The third kappa shape index (κ3) is 5.06. The molecule has 0 bridgehead atoms. The van der Waals surface area contributed by atoms with Crippen LogP contribution in [0.25, 0.3) is 16.5 Å². The highest BCUT2D eigenvalue weighted by molar-refractivity contribution is 7.14. The molecule has 0 radical (unpaired) electrons. The summed E-state index contributed by atoms with van der Waals surface area (Å²) in [6.45, 7) is 5.31. The Bertz CT molecular complexity index is 1810. The normalized spacial score (nSPS) is 20.7. The van der Waals surface area contributed by atoms with Crippen LogP contribution >= 0.6 is 11.3 Å². The zero-order valence-electron chi connectivity index (χ0n) is 25.9. The zero-order chi connectivity index (χ0) is 30.7. The number of nitrogens with zero attached hydrogens (tertiary/aromatic N) is 5. The van der Waals surface area contributed by atoms with Crippen LogP contribution in [0.15, 0.2) is 52.6 Å². The lowest BCUT2D eigenvalue weighted by atomic mass is 9.79. The van der Waals surface area contributed by atoms with Crippen molar-refractivity contribution in [2.75, 3.05) is 27.3 Å². The molecule has 2 aromatic heterocycles. The third-order valence-corrected chi connectivity index (χ3v) is 10.6. The van der Waals surface area contributed by atoms with Gasteiger partial charge >= 0.3 is 5.97 Å². The Morgan fingerprint density at radius 2 is 1.91 bits per heavy atom. The van der Waals surface area contributed by atoms with Crippen LogP contribution in [-0.4, -0.2) is 75.4 Å². The van der Waals surface area contributed by atoms with Crippen LogP contribution in [0.1, 0.15) is 81.6 Å². The average molecular weight is 610 g/mol. The van der Waals surface area contributed by atoms with E-state index in [1.54, 1.807) is 23.5 Å².